The largest absolute Gasteiger partial charge is 0.302 e. The Kier molecular flexibility index (Phi) is 4.69. The van der Waals surface area contributed by atoms with Crippen LogP contribution in [0.3, 0.4) is 0 Å². The summed E-state index contributed by atoms with van der Waals surface area (Å²) in [6, 6.07) is 2.13. The van der Waals surface area contributed by atoms with Gasteiger partial charge in [0.1, 0.15) is 5.78 Å². The van der Waals surface area contributed by atoms with E-state index < -0.39 is 0 Å². The van der Waals surface area contributed by atoms with Crippen molar-refractivity contribution in [2.45, 2.75) is 33.7 Å². The fourth-order valence-corrected chi connectivity index (χ4v) is 2.10. The highest BCUT2D eigenvalue weighted by atomic mass is 32.1. The van der Waals surface area contributed by atoms with E-state index in [-0.39, 0.29) is 5.41 Å². The quantitative estimate of drug-likeness (QED) is 0.786. The van der Waals surface area contributed by atoms with Gasteiger partial charge in [-0.05, 0) is 29.4 Å². The van der Waals surface area contributed by atoms with E-state index >= 15 is 0 Å². The topological polar surface area (TPSA) is 20.3 Å². The average Bonchev–Trinajstić information content (AvgIpc) is 2.65. The number of thiophene rings is 1. The maximum Gasteiger partial charge on any atom is 0.139 e. The van der Waals surface area contributed by atoms with Gasteiger partial charge in [-0.1, -0.05) is 20.8 Å². The predicted octanol–water partition coefficient (Wildman–Crippen LogP) is 3.19. The number of Topliss-reactive ketones (excluding diaryl/α,β-unsaturated/α-hetero) is 1. The lowest BCUT2D eigenvalue weighted by Crippen LogP contribution is -2.26. The first-order valence-corrected chi connectivity index (χ1v) is 6.57. The van der Waals surface area contributed by atoms with Gasteiger partial charge in [-0.2, -0.15) is 11.3 Å². The van der Waals surface area contributed by atoms with Crippen LogP contribution in [0.15, 0.2) is 16.8 Å². The number of nitrogens with zero attached hydrogens (tertiary/aromatic N) is 1. The zero-order valence-corrected chi connectivity index (χ0v) is 11.4. The van der Waals surface area contributed by atoms with Crippen molar-refractivity contribution in [3.05, 3.63) is 22.4 Å². The second kappa shape index (κ2) is 5.60. The highest BCUT2D eigenvalue weighted by Gasteiger charge is 2.20. The minimum atomic E-state index is -0.205. The molecule has 0 aliphatic heterocycles. The van der Waals surface area contributed by atoms with Crippen molar-refractivity contribution in [2.24, 2.45) is 5.41 Å². The summed E-state index contributed by atoms with van der Waals surface area (Å²) in [4.78, 5) is 13.9. The number of hydrogen-bond donors (Lipinski definition) is 0. The van der Waals surface area contributed by atoms with Crippen LogP contribution < -0.4 is 0 Å². The molecule has 1 aromatic heterocycles. The van der Waals surface area contributed by atoms with E-state index in [1.807, 2.05) is 20.8 Å². The zero-order chi connectivity index (χ0) is 12.2. The fraction of sp³-hybridized carbons (Fsp3) is 0.615. The molecular weight excluding hydrogens is 218 g/mol. The van der Waals surface area contributed by atoms with Crippen LogP contribution in [-0.4, -0.2) is 24.3 Å². The summed E-state index contributed by atoms with van der Waals surface area (Å²) in [6.45, 7) is 7.71. The van der Waals surface area contributed by atoms with Crippen LogP contribution in [0.4, 0.5) is 0 Å². The normalized spacial score (nSPS) is 12.1. The monoisotopic (exact) mass is 239 g/mol. The molecule has 0 amide bonds. The SMILES string of the molecule is CN(CCC(=O)C(C)(C)C)Cc1ccsc1. The maximum absolute atomic E-state index is 11.7. The van der Waals surface area contributed by atoms with Crippen LogP contribution in [0, 0.1) is 5.41 Å². The van der Waals surface area contributed by atoms with Crippen molar-refractivity contribution in [1.29, 1.82) is 0 Å². The molecule has 0 fully saturated rings. The van der Waals surface area contributed by atoms with Crippen LogP contribution in [-0.2, 0) is 11.3 Å². The Balaban J connectivity index is 2.31. The summed E-state index contributed by atoms with van der Waals surface area (Å²) in [5, 5.41) is 4.24. The molecule has 0 saturated heterocycles. The molecule has 1 aromatic rings. The number of carbonyl (C=O) groups excluding carboxylic acids is 1. The summed E-state index contributed by atoms with van der Waals surface area (Å²) in [5.41, 5.74) is 1.12. The van der Waals surface area contributed by atoms with Gasteiger partial charge in [0.25, 0.3) is 0 Å². The summed E-state index contributed by atoms with van der Waals surface area (Å²) >= 11 is 1.72. The average molecular weight is 239 g/mol. The van der Waals surface area contributed by atoms with Crippen LogP contribution in [0.25, 0.3) is 0 Å². The summed E-state index contributed by atoms with van der Waals surface area (Å²) in [7, 11) is 2.06. The number of rotatable bonds is 5. The van der Waals surface area contributed by atoms with Gasteiger partial charge in [0.2, 0.25) is 0 Å². The first-order valence-electron chi connectivity index (χ1n) is 5.62. The predicted molar refractivity (Wildman–Crippen MR) is 69.7 cm³/mol. The molecule has 0 radical (unpaired) electrons. The van der Waals surface area contributed by atoms with E-state index in [0.29, 0.717) is 12.2 Å². The second-order valence-electron chi connectivity index (χ2n) is 5.29. The molecule has 0 spiro atoms. The molecule has 1 heterocycles. The Morgan fingerprint density at radius 2 is 2.12 bits per heavy atom. The van der Waals surface area contributed by atoms with Gasteiger partial charge in [-0.3, -0.25) is 4.79 Å². The second-order valence-corrected chi connectivity index (χ2v) is 6.07. The molecule has 16 heavy (non-hydrogen) atoms. The van der Waals surface area contributed by atoms with Crippen LogP contribution >= 0.6 is 11.3 Å². The smallest absolute Gasteiger partial charge is 0.139 e. The molecule has 0 aromatic carbocycles. The van der Waals surface area contributed by atoms with E-state index in [0.717, 1.165) is 13.1 Å². The van der Waals surface area contributed by atoms with Gasteiger partial charge >= 0.3 is 0 Å². The molecule has 0 N–H and O–H groups in total. The summed E-state index contributed by atoms with van der Waals surface area (Å²) in [5.74, 6) is 0.338. The van der Waals surface area contributed by atoms with Gasteiger partial charge in [0.15, 0.2) is 0 Å². The lowest BCUT2D eigenvalue weighted by Gasteiger charge is -2.20. The van der Waals surface area contributed by atoms with E-state index in [1.165, 1.54) is 5.56 Å². The van der Waals surface area contributed by atoms with E-state index in [1.54, 1.807) is 11.3 Å². The number of ketones is 1. The Morgan fingerprint density at radius 3 is 2.62 bits per heavy atom. The third-order valence-corrected chi connectivity index (χ3v) is 3.32. The Morgan fingerprint density at radius 1 is 1.44 bits per heavy atom. The van der Waals surface area contributed by atoms with Crippen LogP contribution in [0.1, 0.15) is 32.8 Å². The molecule has 0 aliphatic carbocycles. The molecule has 0 saturated carbocycles. The first kappa shape index (κ1) is 13.4. The minimum absolute atomic E-state index is 0.205. The van der Waals surface area contributed by atoms with Gasteiger partial charge in [-0.25, -0.2) is 0 Å². The zero-order valence-electron chi connectivity index (χ0n) is 10.6. The molecule has 3 heteroatoms. The van der Waals surface area contributed by atoms with Gasteiger partial charge in [-0.15, -0.1) is 0 Å². The molecule has 0 bridgehead atoms. The van der Waals surface area contributed by atoms with Crippen molar-refractivity contribution in [3.63, 3.8) is 0 Å². The van der Waals surface area contributed by atoms with Gasteiger partial charge < -0.3 is 4.90 Å². The van der Waals surface area contributed by atoms with Gasteiger partial charge in [0.05, 0.1) is 0 Å². The third-order valence-electron chi connectivity index (χ3n) is 2.59. The molecule has 0 atom stereocenters. The number of hydrogen-bond acceptors (Lipinski definition) is 3. The lowest BCUT2D eigenvalue weighted by molar-refractivity contribution is -0.126. The van der Waals surface area contributed by atoms with E-state index in [9.17, 15) is 4.79 Å². The van der Waals surface area contributed by atoms with Crippen molar-refractivity contribution in [3.8, 4) is 0 Å². The van der Waals surface area contributed by atoms with Crippen molar-refractivity contribution < 1.29 is 4.79 Å². The summed E-state index contributed by atoms with van der Waals surface area (Å²) < 4.78 is 0. The Hall–Kier alpha value is -0.670. The Labute approximate surface area is 102 Å². The highest BCUT2D eigenvalue weighted by molar-refractivity contribution is 7.07. The molecule has 0 unspecified atom stereocenters. The fourth-order valence-electron chi connectivity index (χ4n) is 1.44. The standard InChI is InChI=1S/C13H21NOS/c1-13(2,3)12(15)5-7-14(4)9-11-6-8-16-10-11/h6,8,10H,5,7,9H2,1-4H3. The molecule has 90 valence electrons. The molecule has 2 nitrogen and oxygen atoms in total. The van der Waals surface area contributed by atoms with E-state index in [2.05, 4.69) is 28.8 Å². The van der Waals surface area contributed by atoms with Crippen molar-refractivity contribution >= 4 is 17.1 Å². The minimum Gasteiger partial charge on any atom is -0.302 e. The number of carbonyl (C=O) groups is 1. The third kappa shape index (κ3) is 4.45. The molecular formula is C13H21NOS. The lowest BCUT2D eigenvalue weighted by atomic mass is 9.89. The highest BCUT2D eigenvalue weighted by Crippen LogP contribution is 2.17. The molecule has 0 aliphatic rings. The first-order chi connectivity index (χ1) is 7.39. The van der Waals surface area contributed by atoms with Crippen LogP contribution in [0.2, 0.25) is 0 Å². The van der Waals surface area contributed by atoms with Crippen LogP contribution in [0.5, 0.6) is 0 Å². The van der Waals surface area contributed by atoms with Gasteiger partial charge in [0, 0.05) is 24.9 Å². The van der Waals surface area contributed by atoms with Crippen molar-refractivity contribution in [2.75, 3.05) is 13.6 Å². The molecule has 1 rings (SSSR count). The van der Waals surface area contributed by atoms with E-state index in [4.69, 9.17) is 0 Å². The summed E-state index contributed by atoms with van der Waals surface area (Å²) in [6.07, 6.45) is 0.643. The van der Waals surface area contributed by atoms with Crippen molar-refractivity contribution in [1.82, 2.24) is 4.90 Å². The Bertz CT molecular complexity index is 324. The maximum atomic E-state index is 11.7.